The first-order chi connectivity index (χ1) is 14.4. The summed E-state index contributed by atoms with van der Waals surface area (Å²) in [4.78, 5) is 28.8. The van der Waals surface area contributed by atoms with Crippen molar-refractivity contribution in [1.29, 1.82) is 0 Å². The third kappa shape index (κ3) is 5.33. The van der Waals surface area contributed by atoms with Crippen molar-refractivity contribution in [3.63, 3.8) is 0 Å². The standard InChI is InChI=1S/C23H30N2O4S/c1-5-28-18-9-8-17(13-19(18)29-6-2)24-22(26)14-25(4)23(27)21-12-16-11-15(3)7-10-20(16)30-21/h8-9,12-13,15H,5-7,10-11,14H2,1-4H3,(H,24,26)/t15-/m1/s1. The second-order valence-corrected chi connectivity index (χ2v) is 8.78. The molecule has 0 aliphatic heterocycles. The van der Waals surface area contributed by atoms with Crippen LogP contribution in [0.5, 0.6) is 11.5 Å². The van der Waals surface area contributed by atoms with Crippen molar-refractivity contribution in [2.45, 2.75) is 40.0 Å². The Bertz CT molecular complexity index is 909. The average Bonchev–Trinajstić information content (AvgIpc) is 3.12. The maximum absolute atomic E-state index is 12.8. The lowest BCUT2D eigenvalue weighted by Gasteiger charge is -2.17. The fourth-order valence-corrected chi connectivity index (χ4v) is 4.82. The van der Waals surface area contributed by atoms with Crippen LogP contribution in [0.1, 0.15) is 47.3 Å². The molecule has 1 aliphatic carbocycles. The molecule has 162 valence electrons. The molecule has 0 bridgehead atoms. The molecular weight excluding hydrogens is 400 g/mol. The smallest absolute Gasteiger partial charge is 0.264 e. The molecule has 30 heavy (non-hydrogen) atoms. The summed E-state index contributed by atoms with van der Waals surface area (Å²) in [6, 6.07) is 7.29. The van der Waals surface area contributed by atoms with Gasteiger partial charge in [-0.05, 0) is 62.8 Å². The zero-order valence-corrected chi connectivity index (χ0v) is 18.9. The van der Waals surface area contributed by atoms with Crippen LogP contribution in [0.3, 0.4) is 0 Å². The largest absolute Gasteiger partial charge is 0.490 e. The second-order valence-electron chi connectivity index (χ2n) is 7.64. The molecule has 1 aliphatic rings. The van der Waals surface area contributed by atoms with Crippen molar-refractivity contribution in [1.82, 2.24) is 4.90 Å². The minimum absolute atomic E-state index is 0.0189. The summed E-state index contributed by atoms with van der Waals surface area (Å²) in [5.74, 6) is 1.51. The number of benzene rings is 1. The van der Waals surface area contributed by atoms with Crippen molar-refractivity contribution in [3.8, 4) is 11.5 Å². The second kappa shape index (κ2) is 9.98. The Morgan fingerprint density at radius 1 is 1.17 bits per heavy atom. The minimum atomic E-state index is -0.257. The number of aryl methyl sites for hydroxylation is 1. The van der Waals surface area contributed by atoms with Gasteiger partial charge in [-0.2, -0.15) is 0 Å². The van der Waals surface area contributed by atoms with Crippen LogP contribution in [-0.4, -0.2) is 43.5 Å². The van der Waals surface area contributed by atoms with E-state index < -0.39 is 0 Å². The van der Waals surface area contributed by atoms with Gasteiger partial charge in [-0.25, -0.2) is 0 Å². The van der Waals surface area contributed by atoms with Gasteiger partial charge in [0.05, 0.1) is 24.6 Å². The number of carbonyl (C=O) groups excluding carboxylic acids is 2. The number of amides is 2. The quantitative estimate of drug-likeness (QED) is 0.675. The van der Waals surface area contributed by atoms with Gasteiger partial charge < -0.3 is 19.7 Å². The normalized spacial score (nSPS) is 15.3. The van der Waals surface area contributed by atoms with Gasteiger partial charge >= 0.3 is 0 Å². The maximum atomic E-state index is 12.8. The number of nitrogens with one attached hydrogen (secondary N) is 1. The van der Waals surface area contributed by atoms with Gasteiger partial charge in [0.2, 0.25) is 5.91 Å². The number of hydrogen-bond acceptors (Lipinski definition) is 5. The van der Waals surface area contributed by atoms with Crippen LogP contribution in [-0.2, 0) is 17.6 Å². The summed E-state index contributed by atoms with van der Waals surface area (Å²) < 4.78 is 11.1. The van der Waals surface area contributed by atoms with Crippen LogP contribution in [0, 0.1) is 5.92 Å². The first-order valence-electron chi connectivity index (χ1n) is 10.5. The highest BCUT2D eigenvalue weighted by Crippen LogP contribution is 2.33. The molecule has 6 nitrogen and oxygen atoms in total. The molecule has 0 unspecified atom stereocenters. The van der Waals surface area contributed by atoms with Crippen LogP contribution in [0.4, 0.5) is 5.69 Å². The number of carbonyl (C=O) groups is 2. The highest BCUT2D eigenvalue weighted by atomic mass is 32.1. The molecule has 3 rings (SSSR count). The average molecular weight is 431 g/mol. The Morgan fingerprint density at radius 2 is 1.90 bits per heavy atom. The van der Waals surface area contributed by atoms with Crippen molar-refractivity contribution in [3.05, 3.63) is 39.6 Å². The molecule has 0 saturated heterocycles. The Kier molecular flexibility index (Phi) is 7.37. The monoisotopic (exact) mass is 430 g/mol. The Labute approximate surface area is 182 Å². The SMILES string of the molecule is CCOc1ccc(NC(=O)CN(C)C(=O)c2cc3c(s2)CC[C@@H](C)C3)cc1OCC. The first-order valence-corrected chi connectivity index (χ1v) is 11.3. The van der Waals surface area contributed by atoms with Crippen molar-refractivity contribution < 1.29 is 19.1 Å². The molecule has 0 radical (unpaired) electrons. The predicted molar refractivity (Wildman–Crippen MR) is 120 cm³/mol. The molecular formula is C23H30N2O4S. The van der Waals surface area contributed by atoms with Gasteiger partial charge in [0.15, 0.2) is 11.5 Å². The minimum Gasteiger partial charge on any atom is -0.490 e. The zero-order chi connectivity index (χ0) is 21.7. The molecule has 7 heteroatoms. The number of fused-ring (bicyclic) bond motifs is 1. The Morgan fingerprint density at radius 3 is 2.63 bits per heavy atom. The summed E-state index contributed by atoms with van der Waals surface area (Å²) in [6.45, 7) is 7.06. The lowest BCUT2D eigenvalue weighted by atomic mass is 9.90. The van der Waals surface area contributed by atoms with Gasteiger partial charge in [-0.15, -0.1) is 11.3 Å². The van der Waals surface area contributed by atoms with Gasteiger partial charge in [0.1, 0.15) is 0 Å². The third-order valence-electron chi connectivity index (χ3n) is 5.09. The lowest BCUT2D eigenvalue weighted by molar-refractivity contribution is -0.116. The number of rotatable bonds is 8. The predicted octanol–water partition coefficient (Wildman–Crippen LogP) is 4.38. The Hall–Kier alpha value is -2.54. The van der Waals surface area contributed by atoms with E-state index in [1.807, 2.05) is 19.9 Å². The maximum Gasteiger partial charge on any atom is 0.264 e. The number of ether oxygens (including phenoxy) is 2. The summed E-state index contributed by atoms with van der Waals surface area (Å²) >= 11 is 1.57. The molecule has 1 aromatic carbocycles. The van der Waals surface area contributed by atoms with E-state index in [9.17, 15) is 9.59 Å². The van der Waals surface area contributed by atoms with Crippen molar-refractivity contribution in [2.24, 2.45) is 5.92 Å². The topological polar surface area (TPSA) is 67.9 Å². The lowest BCUT2D eigenvalue weighted by Crippen LogP contribution is -2.34. The van der Waals surface area contributed by atoms with E-state index in [2.05, 4.69) is 12.2 Å². The fourth-order valence-electron chi connectivity index (χ4n) is 3.62. The summed E-state index contributed by atoms with van der Waals surface area (Å²) in [5.41, 5.74) is 1.89. The van der Waals surface area contributed by atoms with Crippen LogP contribution < -0.4 is 14.8 Å². The van der Waals surface area contributed by atoms with Gasteiger partial charge in [-0.3, -0.25) is 9.59 Å². The summed E-state index contributed by atoms with van der Waals surface area (Å²) in [7, 11) is 1.66. The highest BCUT2D eigenvalue weighted by molar-refractivity contribution is 7.14. The van der Waals surface area contributed by atoms with Crippen LogP contribution in [0.2, 0.25) is 0 Å². The van der Waals surface area contributed by atoms with Crippen molar-refractivity contribution >= 4 is 28.8 Å². The van der Waals surface area contributed by atoms with Crippen molar-refractivity contribution in [2.75, 3.05) is 32.1 Å². The third-order valence-corrected chi connectivity index (χ3v) is 6.32. The Balaban J connectivity index is 1.61. The van der Waals surface area contributed by atoms with E-state index in [4.69, 9.17) is 9.47 Å². The van der Waals surface area contributed by atoms with Crippen LogP contribution in [0.15, 0.2) is 24.3 Å². The molecule has 0 spiro atoms. The summed E-state index contributed by atoms with van der Waals surface area (Å²) in [5, 5.41) is 2.84. The number of anilines is 1. The summed E-state index contributed by atoms with van der Waals surface area (Å²) in [6.07, 6.45) is 3.24. The number of likely N-dealkylation sites (N-methyl/N-ethyl adjacent to an activating group) is 1. The molecule has 2 aromatic rings. The van der Waals surface area contributed by atoms with E-state index in [0.29, 0.717) is 41.2 Å². The van der Waals surface area contributed by atoms with Crippen LogP contribution in [0.25, 0.3) is 0 Å². The number of thiophene rings is 1. The first kappa shape index (κ1) is 22.2. The van der Waals surface area contributed by atoms with E-state index in [0.717, 1.165) is 12.8 Å². The zero-order valence-electron chi connectivity index (χ0n) is 18.1. The highest BCUT2D eigenvalue weighted by Gasteiger charge is 2.23. The molecule has 2 amide bonds. The van der Waals surface area contributed by atoms with Gasteiger partial charge in [-0.1, -0.05) is 6.92 Å². The molecule has 1 aromatic heterocycles. The van der Waals surface area contributed by atoms with Gasteiger partial charge in [0.25, 0.3) is 5.91 Å². The molecule has 1 heterocycles. The molecule has 1 atom stereocenters. The number of hydrogen-bond donors (Lipinski definition) is 1. The molecule has 0 fully saturated rings. The molecule has 0 saturated carbocycles. The number of nitrogens with zero attached hydrogens (tertiary/aromatic N) is 1. The van der Waals surface area contributed by atoms with E-state index in [-0.39, 0.29) is 18.4 Å². The molecule has 1 N–H and O–H groups in total. The van der Waals surface area contributed by atoms with Crippen LogP contribution >= 0.6 is 11.3 Å². The van der Waals surface area contributed by atoms with Gasteiger partial charge in [0, 0.05) is 23.7 Å². The van der Waals surface area contributed by atoms with E-state index in [1.54, 1.807) is 36.6 Å². The fraction of sp³-hybridized carbons (Fsp3) is 0.478. The van der Waals surface area contributed by atoms with E-state index in [1.165, 1.54) is 21.8 Å². The van der Waals surface area contributed by atoms with E-state index >= 15 is 0 Å².